The van der Waals surface area contributed by atoms with Gasteiger partial charge in [0.05, 0.1) is 0 Å². The van der Waals surface area contributed by atoms with Crippen molar-refractivity contribution in [2.75, 3.05) is 13.2 Å². The van der Waals surface area contributed by atoms with Crippen molar-refractivity contribution in [3.8, 4) is 0 Å². The summed E-state index contributed by atoms with van der Waals surface area (Å²) in [6.45, 7) is 4.23. The first kappa shape index (κ1) is 11.4. The Kier molecular flexibility index (Phi) is 4.85. The fourth-order valence-electron chi connectivity index (χ4n) is 0.783. The van der Waals surface area contributed by atoms with Crippen LogP contribution in [-0.2, 0) is 4.79 Å². The Bertz CT molecular complexity index is 140. The number of rotatable bonds is 5. The molecule has 0 aromatic rings. The monoisotopic (exact) mass is 174 g/mol. The van der Waals surface area contributed by atoms with Crippen LogP contribution in [-0.4, -0.2) is 29.7 Å². The molecule has 72 valence electrons. The zero-order valence-corrected chi connectivity index (χ0v) is 7.76. The van der Waals surface area contributed by atoms with Crippen molar-refractivity contribution < 1.29 is 9.90 Å². The molecule has 0 spiro atoms. The predicted octanol–water partition coefficient (Wildman–Crippen LogP) is -0.388. The van der Waals surface area contributed by atoms with Crippen molar-refractivity contribution in [1.82, 2.24) is 5.32 Å². The Morgan fingerprint density at radius 1 is 1.58 bits per heavy atom. The fraction of sp³-hybridized carbons (Fsp3) is 0.875. The first-order valence-corrected chi connectivity index (χ1v) is 4.12. The minimum Gasteiger partial charge on any atom is -0.396 e. The van der Waals surface area contributed by atoms with Gasteiger partial charge in [-0.15, -0.1) is 0 Å². The molecule has 0 bridgehead atoms. The summed E-state index contributed by atoms with van der Waals surface area (Å²) in [6.07, 6.45) is 0.912. The second-order valence-electron chi connectivity index (χ2n) is 3.59. The van der Waals surface area contributed by atoms with Gasteiger partial charge in [0.25, 0.3) is 0 Å². The van der Waals surface area contributed by atoms with Crippen molar-refractivity contribution in [2.24, 2.45) is 5.73 Å². The van der Waals surface area contributed by atoms with E-state index in [2.05, 4.69) is 5.32 Å². The minimum absolute atomic E-state index is 0.0593. The van der Waals surface area contributed by atoms with Gasteiger partial charge in [-0.2, -0.15) is 0 Å². The molecule has 0 radical (unpaired) electrons. The highest BCUT2D eigenvalue weighted by Gasteiger charge is 2.15. The van der Waals surface area contributed by atoms with Crippen LogP contribution in [0.15, 0.2) is 0 Å². The topological polar surface area (TPSA) is 75.4 Å². The molecule has 0 heterocycles. The van der Waals surface area contributed by atoms with Crippen molar-refractivity contribution in [3.63, 3.8) is 0 Å². The van der Waals surface area contributed by atoms with Crippen LogP contribution in [0.2, 0.25) is 0 Å². The summed E-state index contributed by atoms with van der Waals surface area (Å²) < 4.78 is 0. The van der Waals surface area contributed by atoms with Crippen LogP contribution in [0.25, 0.3) is 0 Å². The molecule has 0 aromatic carbocycles. The molecule has 0 aliphatic carbocycles. The molecule has 0 aliphatic rings. The number of nitrogens with two attached hydrogens (primary N) is 1. The minimum atomic E-state index is -0.455. The van der Waals surface area contributed by atoms with E-state index in [9.17, 15) is 4.79 Å². The van der Waals surface area contributed by atoms with Crippen molar-refractivity contribution in [2.45, 2.75) is 32.2 Å². The number of aliphatic hydroxyl groups is 1. The van der Waals surface area contributed by atoms with E-state index in [0.717, 1.165) is 0 Å². The van der Waals surface area contributed by atoms with Crippen LogP contribution in [0.1, 0.15) is 26.7 Å². The second-order valence-corrected chi connectivity index (χ2v) is 3.59. The van der Waals surface area contributed by atoms with Crippen LogP contribution in [0, 0.1) is 0 Å². The standard InChI is InChI=1S/C8H18N2O2/c1-8(2,9)6-7(12)10-4-3-5-11/h11H,3-6,9H2,1-2H3,(H,10,12). The van der Waals surface area contributed by atoms with Gasteiger partial charge < -0.3 is 16.2 Å². The maximum Gasteiger partial charge on any atom is 0.221 e. The summed E-state index contributed by atoms with van der Waals surface area (Å²) in [5.74, 6) is -0.0593. The zero-order chi connectivity index (χ0) is 9.61. The van der Waals surface area contributed by atoms with E-state index >= 15 is 0 Å². The number of hydrogen-bond acceptors (Lipinski definition) is 3. The summed E-state index contributed by atoms with van der Waals surface area (Å²) in [5.41, 5.74) is 5.18. The number of hydrogen-bond donors (Lipinski definition) is 3. The quantitative estimate of drug-likeness (QED) is 0.497. The Hall–Kier alpha value is -0.610. The lowest BCUT2D eigenvalue weighted by Gasteiger charge is -2.17. The van der Waals surface area contributed by atoms with Gasteiger partial charge in [-0.25, -0.2) is 0 Å². The molecule has 0 atom stereocenters. The summed E-state index contributed by atoms with van der Waals surface area (Å²) in [5, 5.41) is 11.1. The average molecular weight is 174 g/mol. The van der Waals surface area contributed by atoms with E-state index in [-0.39, 0.29) is 12.5 Å². The van der Waals surface area contributed by atoms with Gasteiger partial charge in [0.1, 0.15) is 0 Å². The smallest absolute Gasteiger partial charge is 0.221 e. The highest BCUT2D eigenvalue weighted by Crippen LogP contribution is 2.02. The molecular formula is C8H18N2O2. The van der Waals surface area contributed by atoms with E-state index in [1.807, 2.05) is 0 Å². The largest absolute Gasteiger partial charge is 0.396 e. The molecule has 0 saturated carbocycles. The van der Waals surface area contributed by atoms with E-state index in [1.165, 1.54) is 0 Å². The Balaban J connectivity index is 3.47. The Morgan fingerprint density at radius 3 is 2.58 bits per heavy atom. The van der Waals surface area contributed by atoms with Crippen molar-refractivity contribution in [3.05, 3.63) is 0 Å². The maximum absolute atomic E-state index is 11.1. The molecule has 0 rings (SSSR count). The van der Waals surface area contributed by atoms with Gasteiger partial charge in [-0.05, 0) is 20.3 Å². The highest BCUT2D eigenvalue weighted by molar-refractivity contribution is 5.76. The number of nitrogens with one attached hydrogen (secondary N) is 1. The van der Waals surface area contributed by atoms with Gasteiger partial charge in [-0.3, -0.25) is 4.79 Å². The average Bonchev–Trinajstić information content (AvgIpc) is 1.84. The fourth-order valence-corrected chi connectivity index (χ4v) is 0.783. The molecule has 4 N–H and O–H groups in total. The molecule has 0 saturated heterocycles. The lowest BCUT2D eigenvalue weighted by Crippen LogP contribution is -2.39. The van der Waals surface area contributed by atoms with Gasteiger partial charge in [0.15, 0.2) is 0 Å². The normalized spacial score (nSPS) is 11.3. The molecule has 4 heteroatoms. The second kappa shape index (κ2) is 5.11. The number of carbonyl (C=O) groups excluding carboxylic acids is 1. The van der Waals surface area contributed by atoms with Crippen LogP contribution in [0.4, 0.5) is 0 Å². The summed E-state index contributed by atoms with van der Waals surface area (Å²) in [4.78, 5) is 11.1. The lowest BCUT2D eigenvalue weighted by atomic mass is 10.0. The van der Waals surface area contributed by atoms with E-state index < -0.39 is 5.54 Å². The Labute approximate surface area is 73.1 Å². The number of amides is 1. The molecule has 1 amide bonds. The molecule has 0 aliphatic heterocycles. The molecule has 12 heavy (non-hydrogen) atoms. The third-order valence-corrected chi connectivity index (χ3v) is 1.27. The van der Waals surface area contributed by atoms with Gasteiger partial charge >= 0.3 is 0 Å². The van der Waals surface area contributed by atoms with Gasteiger partial charge in [0, 0.05) is 25.1 Å². The van der Waals surface area contributed by atoms with E-state index in [1.54, 1.807) is 13.8 Å². The summed E-state index contributed by atoms with van der Waals surface area (Å²) >= 11 is 0. The lowest BCUT2D eigenvalue weighted by molar-refractivity contribution is -0.122. The third kappa shape index (κ3) is 7.50. The SMILES string of the molecule is CC(C)(N)CC(=O)NCCCO. The number of aliphatic hydroxyl groups excluding tert-OH is 1. The number of carbonyl (C=O) groups is 1. The molecule has 4 nitrogen and oxygen atoms in total. The zero-order valence-electron chi connectivity index (χ0n) is 7.76. The van der Waals surface area contributed by atoms with Crippen molar-refractivity contribution >= 4 is 5.91 Å². The van der Waals surface area contributed by atoms with Crippen LogP contribution in [0.3, 0.4) is 0 Å². The van der Waals surface area contributed by atoms with E-state index in [4.69, 9.17) is 10.8 Å². The molecule has 0 unspecified atom stereocenters. The third-order valence-electron chi connectivity index (χ3n) is 1.27. The van der Waals surface area contributed by atoms with Crippen LogP contribution in [0.5, 0.6) is 0 Å². The summed E-state index contributed by atoms with van der Waals surface area (Å²) in [7, 11) is 0. The molecular weight excluding hydrogens is 156 g/mol. The van der Waals surface area contributed by atoms with Crippen molar-refractivity contribution in [1.29, 1.82) is 0 Å². The predicted molar refractivity (Wildman–Crippen MR) is 47.6 cm³/mol. The van der Waals surface area contributed by atoms with Crippen LogP contribution < -0.4 is 11.1 Å². The van der Waals surface area contributed by atoms with Gasteiger partial charge in [0.2, 0.25) is 5.91 Å². The first-order chi connectivity index (χ1) is 5.45. The maximum atomic E-state index is 11.1. The highest BCUT2D eigenvalue weighted by atomic mass is 16.3. The Morgan fingerprint density at radius 2 is 2.17 bits per heavy atom. The van der Waals surface area contributed by atoms with Gasteiger partial charge in [-0.1, -0.05) is 0 Å². The summed E-state index contributed by atoms with van der Waals surface area (Å²) in [6, 6.07) is 0. The van der Waals surface area contributed by atoms with Crippen LogP contribution >= 0.6 is 0 Å². The first-order valence-electron chi connectivity index (χ1n) is 4.12. The molecule has 0 fully saturated rings. The molecule has 0 aromatic heterocycles. The van der Waals surface area contributed by atoms with E-state index in [0.29, 0.717) is 19.4 Å².